The zero-order valence-corrected chi connectivity index (χ0v) is 5.96. The van der Waals surface area contributed by atoms with Crippen LogP contribution in [0.4, 0.5) is 0 Å². The van der Waals surface area contributed by atoms with Gasteiger partial charge in [0.05, 0.1) is 0 Å². The summed E-state index contributed by atoms with van der Waals surface area (Å²) in [5, 5.41) is 0. The van der Waals surface area contributed by atoms with Crippen molar-refractivity contribution >= 4 is 44.4 Å². The monoisotopic (exact) mass is 150 g/mol. The predicted octanol–water partition coefficient (Wildman–Crippen LogP) is -0.287. The van der Waals surface area contributed by atoms with E-state index >= 15 is 0 Å². The minimum atomic E-state index is 0. The van der Waals surface area contributed by atoms with E-state index in [4.69, 9.17) is 4.57 Å². The molecule has 0 aromatic rings. The van der Waals surface area contributed by atoms with Crippen LogP contribution in [0.1, 0.15) is 0 Å². The van der Waals surface area contributed by atoms with Crippen LogP contribution in [0, 0.1) is 0 Å². The normalized spacial score (nSPS) is 1.00. The molecule has 0 bridgehead atoms. The third kappa shape index (κ3) is 10.8. The maximum absolute atomic E-state index is 8.06. The van der Waals surface area contributed by atoms with E-state index in [0.29, 0.717) is 0 Å². The first-order valence-corrected chi connectivity index (χ1v) is 0.612. The van der Waals surface area contributed by atoms with Crippen molar-refractivity contribution in [2.24, 2.45) is 0 Å². The van der Waals surface area contributed by atoms with Crippen molar-refractivity contribution in [2.45, 2.75) is 0 Å². The Morgan fingerprint density at radius 3 is 1.25 bits per heavy atom. The summed E-state index contributed by atoms with van der Waals surface area (Å²) >= 11 is 0. The molecular formula is HAlAsOP. The Kier molecular flexibility index (Phi) is 143. The van der Waals surface area contributed by atoms with Crippen LogP contribution in [-0.2, 0) is 4.57 Å². The molecule has 0 amide bonds. The second kappa shape index (κ2) is 30.1. The Labute approximate surface area is 49.2 Å². The summed E-state index contributed by atoms with van der Waals surface area (Å²) in [4.78, 5) is 0. The molecule has 20 valence electrons. The van der Waals surface area contributed by atoms with Crippen molar-refractivity contribution in [1.29, 1.82) is 0 Å². The average Bonchev–Trinajstić information content (AvgIpc) is 1.00. The molecule has 0 saturated carbocycles. The molecule has 0 aliphatic carbocycles. The zero-order valence-electron chi connectivity index (χ0n) is 1.93. The van der Waals surface area contributed by atoms with Gasteiger partial charge in [-0.1, -0.05) is 0 Å². The fourth-order valence-corrected chi connectivity index (χ4v) is 0. The number of rotatable bonds is 0. The summed E-state index contributed by atoms with van der Waals surface area (Å²) in [6.07, 6.45) is 0. The van der Waals surface area contributed by atoms with E-state index in [2.05, 4.69) is 0 Å². The summed E-state index contributed by atoms with van der Waals surface area (Å²) in [7, 11) is 1.72. The summed E-state index contributed by atoms with van der Waals surface area (Å²) < 4.78 is 8.06. The molecule has 0 saturated heterocycles. The van der Waals surface area contributed by atoms with Crippen LogP contribution in [0.5, 0.6) is 0 Å². The van der Waals surface area contributed by atoms with E-state index in [-0.39, 0.29) is 35.3 Å². The second-order valence-corrected chi connectivity index (χ2v) is 0. The van der Waals surface area contributed by atoms with Crippen molar-refractivity contribution < 1.29 is 4.57 Å². The van der Waals surface area contributed by atoms with Crippen molar-refractivity contribution in [1.82, 2.24) is 0 Å². The maximum atomic E-state index is 8.06. The van der Waals surface area contributed by atoms with Crippen LogP contribution in [-0.4, -0.2) is 35.3 Å². The van der Waals surface area contributed by atoms with Gasteiger partial charge in [0.15, 0.2) is 0 Å². The SMILES string of the molecule is O=P.[Al].[As]. The van der Waals surface area contributed by atoms with Gasteiger partial charge in [0, 0.05) is 35.3 Å². The first-order valence-electron chi connectivity index (χ1n) is 0.204. The molecule has 4 heavy (non-hydrogen) atoms. The van der Waals surface area contributed by atoms with Crippen LogP contribution >= 0.6 is 9.12 Å². The Hall–Kier alpha value is 1.19. The van der Waals surface area contributed by atoms with Crippen molar-refractivity contribution in [2.75, 3.05) is 0 Å². The van der Waals surface area contributed by atoms with Crippen molar-refractivity contribution in [3.8, 4) is 0 Å². The van der Waals surface area contributed by atoms with Gasteiger partial charge in [-0.3, -0.25) is 4.57 Å². The fraction of sp³-hybridized carbons (Fsp3) is 0. The molecule has 4 heteroatoms. The van der Waals surface area contributed by atoms with E-state index in [0.717, 1.165) is 0 Å². The third-order valence-corrected chi connectivity index (χ3v) is 0. The van der Waals surface area contributed by atoms with E-state index in [1.807, 2.05) is 0 Å². The van der Waals surface area contributed by atoms with Gasteiger partial charge in [0.25, 0.3) is 0 Å². The molecular weight excluding hydrogens is 149 g/mol. The van der Waals surface area contributed by atoms with Gasteiger partial charge < -0.3 is 0 Å². The number of hydrogen-bond donors (Lipinski definition) is 0. The number of hydrogen-bond acceptors (Lipinski definition) is 1. The van der Waals surface area contributed by atoms with E-state index < -0.39 is 0 Å². The van der Waals surface area contributed by atoms with Crippen LogP contribution in [0.15, 0.2) is 0 Å². The van der Waals surface area contributed by atoms with E-state index in [9.17, 15) is 0 Å². The molecule has 0 aliphatic rings. The summed E-state index contributed by atoms with van der Waals surface area (Å²) in [6, 6.07) is 0. The van der Waals surface area contributed by atoms with E-state index in [1.54, 1.807) is 9.12 Å². The minimum Gasteiger partial charge on any atom is -0.279 e. The minimum absolute atomic E-state index is 0. The molecule has 0 unspecified atom stereocenters. The molecule has 0 spiro atoms. The quantitative estimate of drug-likeness (QED) is 0.342. The van der Waals surface area contributed by atoms with Gasteiger partial charge in [0.2, 0.25) is 0 Å². The molecule has 0 aromatic heterocycles. The summed E-state index contributed by atoms with van der Waals surface area (Å²) in [5.74, 6) is 0. The van der Waals surface area contributed by atoms with Crippen LogP contribution < -0.4 is 0 Å². The smallest absolute Gasteiger partial charge is 0.138 e. The Morgan fingerprint density at radius 1 is 1.25 bits per heavy atom. The molecule has 1 nitrogen and oxygen atoms in total. The van der Waals surface area contributed by atoms with Gasteiger partial charge in [-0.15, -0.1) is 0 Å². The third-order valence-electron chi connectivity index (χ3n) is 0. The van der Waals surface area contributed by atoms with Crippen molar-refractivity contribution in [3.63, 3.8) is 0 Å². The Bertz CT molecular complexity index is 8.00. The van der Waals surface area contributed by atoms with Gasteiger partial charge in [-0.2, -0.15) is 0 Å². The van der Waals surface area contributed by atoms with Gasteiger partial charge in [-0.25, -0.2) is 0 Å². The standard InChI is InChI=1S/Al.As.HOP/c;;1-2/h;;2H. The molecule has 0 heterocycles. The zero-order chi connectivity index (χ0) is 2.00. The molecule has 0 aliphatic heterocycles. The molecule has 0 aromatic carbocycles. The Morgan fingerprint density at radius 2 is 1.25 bits per heavy atom. The predicted molar refractivity (Wildman–Crippen MR) is 20.5 cm³/mol. The molecule has 0 N–H and O–H groups in total. The van der Waals surface area contributed by atoms with Gasteiger partial charge >= 0.3 is 0 Å². The molecule has 6 radical (unpaired) electrons. The largest absolute Gasteiger partial charge is 0.279 e. The Balaban J connectivity index is -0.00000000500. The van der Waals surface area contributed by atoms with Gasteiger partial charge in [-0.05, 0) is 0 Å². The fourth-order valence-electron chi connectivity index (χ4n) is 0. The summed E-state index contributed by atoms with van der Waals surface area (Å²) in [6.45, 7) is 0. The van der Waals surface area contributed by atoms with Gasteiger partial charge in [0.1, 0.15) is 9.12 Å². The first-order chi connectivity index (χ1) is 1.00. The van der Waals surface area contributed by atoms with Crippen LogP contribution in [0.25, 0.3) is 0 Å². The van der Waals surface area contributed by atoms with Crippen LogP contribution in [0.3, 0.4) is 0 Å². The van der Waals surface area contributed by atoms with Crippen molar-refractivity contribution in [3.05, 3.63) is 0 Å². The average molecular weight is 150 g/mol. The van der Waals surface area contributed by atoms with Crippen LogP contribution in [0.2, 0.25) is 0 Å². The second-order valence-electron chi connectivity index (χ2n) is 0. The topological polar surface area (TPSA) is 17.1 Å². The first kappa shape index (κ1) is 19.0. The molecule has 0 atom stereocenters. The summed E-state index contributed by atoms with van der Waals surface area (Å²) in [5.41, 5.74) is 0. The molecule has 0 rings (SSSR count). The maximum Gasteiger partial charge on any atom is 0.138 e. The molecule has 0 fully saturated rings. The van der Waals surface area contributed by atoms with E-state index in [1.165, 1.54) is 0 Å².